The largest absolute Gasteiger partial charge is 0.375 e. The van der Waals surface area contributed by atoms with Gasteiger partial charge in [0.25, 0.3) is 5.56 Å². The molecular weight excluding hydrogens is 383 g/mol. The third kappa shape index (κ3) is 4.44. The fourth-order valence-electron chi connectivity index (χ4n) is 2.19. The van der Waals surface area contributed by atoms with Crippen molar-refractivity contribution in [3.8, 4) is 0 Å². The van der Waals surface area contributed by atoms with Gasteiger partial charge in [-0.1, -0.05) is 0 Å². The second kappa shape index (κ2) is 7.79. The second-order valence-electron chi connectivity index (χ2n) is 5.17. The van der Waals surface area contributed by atoms with Crippen LogP contribution in [-0.2, 0) is 18.3 Å². The Morgan fingerprint density at radius 3 is 2.90 bits per heavy atom. The molecule has 0 bridgehead atoms. The molecule has 1 atom stereocenters. The van der Waals surface area contributed by atoms with Gasteiger partial charge in [-0.15, -0.1) is 24.0 Å². The lowest BCUT2D eigenvalue weighted by Gasteiger charge is -2.31. The predicted molar refractivity (Wildman–Crippen MR) is 94.1 cm³/mol. The minimum Gasteiger partial charge on any atom is -0.375 e. The third-order valence-electron chi connectivity index (χ3n) is 3.61. The van der Waals surface area contributed by atoms with E-state index in [0.29, 0.717) is 24.7 Å². The predicted octanol–water partition coefficient (Wildman–Crippen LogP) is 0.847. The summed E-state index contributed by atoms with van der Waals surface area (Å²) in [7, 11) is 1.76. The molecule has 1 aromatic heterocycles. The van der Waals surface area contributed by atoms with Crippen LogP contribution in [0.25, 0.3) is 0 Å². The highest BCUT2D eigenvalue weighted by Crippen LogP contribution is 2.05. The Balaban J connectivity index is 0.00000220. The molecule has 1 fully saturated rings. The number of nitrogens with zero attached hydrogens (tertiary/aromatic N) is 3. The van der Waals surface area contributed by atoms with Crippen LogP contribution in [0.1, 0.15) is 18.2 Å². The smallest absolute Gasteiger partial charge is 0.255 e. The van der Waals surface area contributed by atoms with Crippen molar-refractivity contribution in [1.82, 2.24) is 9.47 Å². The Morgan fingerprint density at radius 2 is 2.24 bits per heavy atom. The summed E-state index contributed by atoms with van der Waals surface area (Å²) in [6, 6.07) is 3.73. The summed E-state index contributed by atoms with van der Waals surface area (Å²) < 4.78 is 7.09. The van der Waals surface area contributed by atoms with Crippen LogP contribution in [0, 0.1) is 6.92 Å². The van der Waals surface area contributed by atoms with Crippen molar-refractivity contribution in [2.24, 2.45) is 17.8 Å². The van der Waals surface area contributed by atoms with Gasteiger partial charge in [-0.2, -0.15) is 0 Å². The molecule has 118 valence electrons. The number of hydrogen-bond donors (Lipinski definition) is 1. The minimum absolute atomic E-state index is 0. The molecule has 0 saturated carbocycles. The molecule has 0 radical (unpaired) electrons. The highest BCUT2D eigenvalue weighted by molar-refractivity contribution is 14.0. The van der Waals surface area contributed by atoms with Crippen LogP contribution in [0.3, 0.4) is 0 Å². The maximum atomic E-state index is 12.0. The molecular formula is C14H23IN4O2. The second-order valence-corrected chi connectivity index (χ2v) is 5.17. The van der Waals surface area contributed by atoms with Gasteiger partial charge < -0.3 is 19.9 Å². The molecule has 7 heteroatoms. The van der Waals surface area contributed by atoms with E-state index in [4.69, 9.17) is 10.5 Å². The van der Waals surface area contributed by atoms with E-state index in [2.05, 4.69) is 4.99 Å². The first-order valence-corrected chi connectivity index (χ1v) is 6.81. The van der Waals surface area contributed by atoms with Gasteiger partial charge in [0.15, 0.2) is 5.96 Å². The third-order valence-corrected chi connectivity index (χ3v) is 3.61. The Bertz CT molecular complexity index is 571. The van der Waals surface area contributed by atoms with Crippen LogP contribution in [0.4, 0.5) is 0 Å². The number of nitrogens with two attached hydrogens (primary N) is 1. The van der Waals surface area contributed by atoms with Crippen LogP contribution in [0.15, 0.2) is 21.9 Å². The molecule has 1 aliphatic rings. The quantitative estimate of drug-likeness (QED) is 0.449. The Labute approximate surface area is 142 Å². The summed E-state index contributed by atoms with van der Waals surface area (Å²) in [5.74, 6) is 0.475. The number of ether oxygens (including phenoxy) is 1. The van der Waals surface area contributed by atoms with Crippen LogP contribution >= 0.6 is 24.0 Å². The van der Waals surface area contributed by atoms with E-state index in [9.17, 15) is 4.79 Å². The molecule has 1 unspecified atom stereocenters. The number of aryl methyl sites for hydroxylation is 1. The van der Waals surface area contributed by atoms with E-state index in [1.807, 2.05) is 30.9 Å². The lowest BCUT2D eigenvalue weighted by atomic mass is 10.2. The molecule has 21 heavy (non-hydrogen) atoms. The normalized spacial score (nSPS) is 19.3. The summed E-state index contributed by atoms with van der Waals surface area (Å²) in [5.41, 5.74) is 7.55. The number of pyridine rings is 1. The summed E-state index contributed by atoms with van der Waals surface area (Å²) in [6.07, 6.45) is 0.157. The molecule has 0 aromatic carbocycles. The average Bonchev–Trinajstić information content (AvgIpc) is 2.44. The summed E-state index contributed by atoms with van der Waals surface area (Å²) in [5, 5.41) is 0. The zero-order chi connectivity index (χ0) is 14.7. The fraction of sp³-hybridized carbons (Fsp3) is 0.571. The van der Waals surface area contributed by atoms with Gasteiger partial charge in [0, 0.05) is 31.4 Å². The van der Waals surface area contributed by atoms with Crippen molar-refractivity contribution < 1.29 is 4.74 Å². The van der Waals surface area contributed by atoms with E-state index in [1.165, 1.54) is 0 Å². The highest BCUT2D eigenvalue weighted by atomic mass is 127. The van der Waals surface area contributed by atoms with E-state index in [-0.39, 0.29) is 35.6 Å². The summed E-state index contributed by atoms with van der Waals surface area (Å²) >= 11 is 0. The van der Waals surface area contributed by atoms with Crippen LogP contribution in [-0.4, -0.2) is 41.2 Å². The zero-order valence-corrected chi connectivity index (χ0v) is 15.0. The molecule has 0 aliphatic carbocycles. The summed E-state index contributed by atoms with van der Waals surface area (Å²) in [6.45, 7) is 6.36. The van der Waals surface area contributed by atoms with Gasteiger partial charge in [-0.25, -0.2) is 4.99 Å². The number of rotatable bonds is 2. The summed E-state index contributed by atoms with van der Waals surface area (Å²) in [4.78, 5) is 18.4. The number of guanidine groups is 1. The Hall–Kier alpha value is -1.09. The monoisotopic (exact) mass is 406 g/mol. The van der Waals surface area contributed by atoms with Crippen molar-refractivity contribution in [1.29, 1.82) is 0 Å². The Kier molecular flexibility index (Phi) is 6.66. The molecule has 0 amide bonds. The van der Waals surface area contributed by atoms with E-state index in [0.717, 1.165) is 18.8 Å². The maximum absolute atomic E-state index is 12.0. The van der Waals surface area contributed by atoms with Gasteiger partial charge in [0.2, 0.25) is 0 Å². The van der Waals surface area contributed by atoms with Crippen molar-refractivity contribution in [2.45, 2.75) is 26.5 Å². The lowest BCUT2D eigenvalue weighted by Crippen LogP contribution is -2.47. The molecule has 1 aliphatic heterocycles. The van der Waals surface area contributed by atoms with Crippen molar-refractivity contribution in [3.05, 3.63) is 33.7 Å². The van der Waals surface area contributed by atoms with Crippen molar-refractivity contribution in [2.75, 3.05) is 19.7 Å². The number of aliphatic imine (C=N–C) groups is 1. The van der Waals surface area contributed by atoms with E-state index in [1.54, 1.807) is 11.6 Å². The molecule has 0 spiro atoms. The van der Waals surface area contributed by atoms with E-state index < -0.39 is 0 Å². The standard InChI is InChI=1S/C14H22N4O2.HI/c1-10-4-5-12(13(19)17(10)3)8-16-14(15)18-6-7-20-11(2)9-18;/h4-5,11H,6-9H2,1-3H3,(H2,15,16);1H. The van der Waals surface area contributed by atoms with Crippen LogP contribution in [0.2, 0.25) is 0 Å². The average molecular weight is 406 g/mol. The van der Waals surface area contributed by atoms with Crippen molar-refractivity contribution >= 4 is 29.9 Å². The first-order chi connectivity index (χ1) is 9.49. The molecule has 1 saturated heterocycles. The van der Waals surface area contributed by atoms with Gasteiger partial charge >= 0.3 is 0 Å². The van der Waals surface area contributed by atoms with Gasteiger partial charge in [0.1, 0.15) is 0 Å². The van der Waals surface area contributed by atoms with Crippen LogP contribution in [0.5, 0.6) is 0 Å². The van der Waals surface area contributed by atoms with Gasteiger partial charge in [-0.05, 0) is 26.0 Å². The highest BCUT2D eigenvalue weighted by Gasteiger charge is 2.18. The fourth-order valence-corrected chi connectivity index (χ4v) is 2.19. The molecule has 2 N–H and O–H groups in total. The number of halogens is 1. The zero-order valence-electron chi connectivity index (χ0n) is 12.7. The van der Waals surface area contributed by atoms with Crippen molar-refractivity contribution in [3.63, 3.8) is 0 Å². The first-order valence-electron chi connectivity index (χ1n) is 6.81. The number of aromatic nitrogens is 1. The van der Waals surface area contributed by atoms with E-state index >= 15 is 0 Å². The minimum atomic E-state index is -0.0168. The molecule has 1 aromatic rings. The molecule has 2 heterocycles. The SMILES string of the molecule is Cc1ccc(CN=C(N)N2CCOC(C)C2)c(=O)n1C.I. The first kappa shape index (κ1) is 18.0. The maximum Gasteiger partial charge on any atom is 0.255 e. The van der Waals surface area contributed by atoms with Gasteiger partial charge in [-0.3, -0.25) is 4.79 Å². The van der Waals surface area contributed by atoms with Gasteiger partial charge in [0.05, 0.1) is 19.3 Å². The van der Waals surface area contributed by atoms with Crippen LogP contribution < -0.4 is 11.3 Å². The molecule has 2 rings (SSSR count). The number of hydrogen-bond acceptors (Lipinski definition) is 3. The Morgan fingerprint density at radius 1 is 1.52 bits per heavy atom. The topological polar surface area (TPSA) is 72.8 Å². The molecule has 6 nitrogen and oxygen atoms in total. The number of morpholine rings is 1. The lowest BCUT2D eigenvalue weighted by molar-refractivity contribution is 0.00528.